The van der Waals surface area contributed by atoms with Gasteiger partial charge in [0, 0.05) is 13.0 Å². The van der Waals surface area contributed by atoms with Crippen molar-refractivity contribution < 1.29 is 14.3 Å². The van der Waals surface area contributed by atoms with Crippen LogP contribution >= 0.6 is 11.8 Å². The molecule has 0 N–H and O–H groups in total. The SMILES string of the molecule is COC(=O)C1CCCN1C(=O)CC1CCSCC1. The van der Waals surface area contributed by atoms with E-state index in [0.717, 1.165) is 25.7 Å². The molecular formula is C13H21NO3S. The number of thioether (sulfide) groups is 1. The van der Waals surface area contributed by atoms with Crippen LogP contribution in [0.5, 0.6) is 0 Å². The molecule has 1 amide bonds. The van der Waals surface area contributed by atoms with E-state index in [9.17, 15) is 9.59 Å². The molecule has 4 nitrogen and oxygen atoms in total. The quantitative estimate of drug-likeness (QED) is 0.733. The van der Waals surface area contributed by atoms with Crippen molar-refractivity contribution in [2.75, 3.05) is 25.2 Å². The number of carbonyl (C=O) groups excluding carboxylic acids is 2. The van der Waals surface area contributed by atoms with Crippen LogP contribution in [0.4, 0.5) is 0 Å². The zero-order valence-corrected chi connectivity index (χ0v) is 11.7. The van der Waals surface area contributed by atoms with Gasteiger partial charge in [-0.15, -0.1) is 0 Å². The molecule has 0 aromatic heterocycles. The highest BCUT2D eigenvalue weighted by atomic mass is 32.2. The van der Waals surface area contributed by atoms with Gasteiger partial charge in [0.05, 0.1) is 7.11 Å². The van der Waals surface area contributed by atoms with Crippen LogP contribution in [-0.2, 0) is 14.3 Å². The van der Waals surface area contributed by atoms with Crippen molar-refractivity contribution in [2.45, 2.75) is 38.1 Å². The van der Waals surface area contributed by atoms with Gasteiger partial charge in [-0.1, -0.05) is 0 Å². The molecular weight excluding hydrogens is 250 g/mol. The normalized spacial score (nSPS) is 25.2. The van der Waals surface area contributed by atoms with E-state index < -0.39 is 0 Å². The Hall–Kier alpha value is -0.710. The number of rotatable bonds is 3. The monoisotopic (exact) mass is 271 g/mol. The second-order valence-electron chi connectivity index (χ2n) is 5.03. The van der Waals surface area contributed by atoms with E-state index in [1.807, 2.05) is 11.8 Å². The van der Waals surface area contributed by atoms with Gasteiger partial charge in [-0.2, -0.15) is 11.8 Å². The van der Waals surface area contributed by atoms with Crippen LogP contribution < -0.4 is 0 Å². The number of nitrogens with zero attached hydrogens (tertiary/aromatic N) is 1. The molecule has 2 aliphatic heterocycles. The van der Waals surface area contributed by atoms with Crippen molar-refractivity contribution in [1.82, 2.24) is 4.90 Å². The molecule has 0 radical (unpaired) electrons. The number of methoxy groups -OCH3 is 1. The number of ether oxygens (including phenoxy) is 1. The lowest BCUT2D eigenvalue weighted by Gasteiger charge is -2.26. The summed E-state index contributed by atoms with van der Waals surface area (Å²) in [5.74, 6) is 2.72. The minimum Gasteiger partial charge on any atom is -0.467 e. The first kappa shape index (κ1) is 13.7. The summed E-state index contributed by atoms with van der Waals surface area (Å²) in [4.78, 5) is 25.6. The van der Waals surface area contributed by atoms with E-state index in [0.29, 0.717) is 18.9 Å². The molecule has 0 bridgehead atoms. The molecule has 0 saturated carbocycles. The van der Waals surface area contributed by atoms with Crippen molar-refractivity contribution in [3.8, 4) is 0 Å². The molecule has 1 unspecified atom stereocenters. The van der Waals surface area contributed by atoms with Gasteiger partial charge in [0.1, 0.15) is 6.04 Å². The van der Waals surface area contributed by atoms with Gasteiger partial charge >= 0.3 is 5.97 Å². The first-order chi connectivity index (χ1) is 8.72. The first-order valence-corrected chi connectivity index (χ1v) is 7.83. The van der Waals surface area contributed by atoms with Crippen LogP contribution in [0.25, 0.3) is 0 Å². The Morgan fingerprint density at radius 2 is 2.00 bits per heavy atom. The van der Waals surface area contributed by atoms with Crippen LogP contribution in [0.15, 0.2) is 0 Å². The van der Waals surface area contributed by atoms with Crippen LogP contribution in [0.3, 0.4) is 0 Å². The second-order valence-corrected chi connectivity index (χ2v) is 6.25. The molecule has 0 aromatic rings. The lowest BCUT2D eigenvalue weighted by molar-refractivity contribution is -0.151. The highest BCUT2D eigenvalue weighted by Gasteiger charge is 2.35. The van der Waals surface area contributed by atoms with Crippen LogP contribution in [0.1, 0.15) is 32.1 Å². The smallest absolute Gasteiger partial charge is 0.328 e. The molecule has 2 heterocycles. The topological polar surface area (TPSA) is 46.6 Å². The maximum absolute atomic E-state index is 12.3. The van der Waals surface area contributed by atoms with E-state index in [1.165, 1.54) is 18.6 Å². The van der Waals surface area contributed by atoms with Crippen LogP contribution in [-0.4, -0.2) is 48.0 Å². The molecule has 2 fully saturated rings. The number of esters is 1. The predicted octanol–water partition coefficient (Wildman–Crippen LogP) is 1.68. The lowest BCUT2D eigenvalue weighted by atomic mass is 9.98. The summed E-state index contributed by atoms with van der Waals surface area (Å²) >= 11 is 1.97. The van der Waals surface area contributed by atoms with E-state index in [1.54, 1.807) is 4.90 Å². The average Bonchev–Trinajstić information content (AvgIpc) is 2.88. The fourth-order valence-electron chi connectivity index (χ4n) is 2.76. The van der Waals surface area contributed by atoms with Gasteiger partial charge in [-0.05, 0) is 43.1 Å². The molecule has 2 saturated heterocycles. The summed E-state index contributed by atoms with van der Waals surface area (Å²) in [6.07, 6.45) is 4.53. The summed E-state index contributed by atoms with van der Waals surface area (Å²) in [7, 11) is 1.39. The van der Waals surface area contributed by atoms with E-state index in [-0.39, 0.29) is 17.9 Å². The Morgan fingerprint density at radius 1 is 1.28 bits per heavy atom. The number of likely N-dealkylation sites (tertiary alicyclic amines) is 1. The zero-order chi connectivity index (χ0) is 13.0. The average molecular weight is 271 g/mol. The van der Waals surface area contributed by atoms with Gasteiger partial charge in [0.2, 0.25) is 5.91 Å². The first-order valence-electron chi connectivity index (χ1n) is 6.67. The van der Waals surface area contributed by atoms with Gasteiger partial charge in [-0.25, -0.2) is 4.79 Å². The molecule has 0 aromatic carbocycles. The largest absolute Gasteiger partial charge is 0.467 e. The number of hydrogen-bond acceptors (Lipinski definition) is 4. The van der Waals surface area contributed by atoms with Crippen molar-refractivity contribution in [3.63, 3.8) is 0 Å². The third-order valence-corrected chi connectivity index (χ3v) is 4.90. The lowest BCUT2D eigenvalue weighted by Crippen LogP contribution is -2.41. The van der Waals surface area contributed by atoms with Gasteiger partial charge < -0.3 is 9.64 Å². The predicted molar refractivity (Wildman–Crippen MR) is 71.4 cm³/mol. The molecule has 1 atom stereocenters. The van der Waals surface area contributed by atoms with Crippen LogP contribution in [0.2, 0.25) is 0 Å². The number of hydrogen-bond donors (Lipinski definition) is 0. The summed E-state index contributed by atoms with van der Waals surface area (Å²) in [5, 5.41) is 0. The fraction of sp³-hybridized carbons (Fsp3) is 0.846. The highest BCUT2D eigenvalue weighted by molar-refractivity contribution is 7.99. The Bertz CT molecular complexity index is 315. The second kappa shape index (κ2) is 6.45. The molecule has 2 aliphatic rings. The Balaban J connectivity index is 1.89. The van der Waals surface area contributed by atoms with Gasteiger partial charge in [0.25, 0.3) is 0 Å². The van der Waals surface area contributed by atoms with Crippen molar-refractivity contribution >= 4 is 23.6 Å². The summed E-state index contributed by atoms with van der Waals surface area (Å²) in [6.45, 7) is 0.708. The zero-order valence-electron chi connectivity index (χ0n) is 10.9. The van der Waals surface area contributed by atoms with Gasteiger partial charge in [-0.3, -0.25) is 4.79 Å². The Kier molecular flexibility index (Phi) is 4.92. The molecule has 2 rings (SSSR count). The molecule has 18 heavy (non-hydrogen) atoms. The van der Waals surface area contributed by atoms with Crippen molar-refractivity contribution in [1.29, 1.82) is 0 Å². The fourth-order valence-corrected chi connectivity index (χ4v) is 3.97. The number of amides is 1. The van der Waals surface area contributed by atoms with Gasteiger partial charge in [0.15, 0.2) is 0 Å². The van der Waals surface area contributed by atoms with Crippen molar-refractivity contribution in [3.05, 3.63) is 0 Å². The third kappa shape index (κ3) is 3.19. The van der Waals surface area contributed by atoms with E-state index in [2.05, 4.69) is 0 Å². The van der Waals surface area contributed by atoms with Crippen molar-refractivity contribution in [2.24, 2.45) is 5.92 Å². The Morgan fingerprint density at radius 3 is 2.67 bits per heavy atom. The minimum absolute atomic E-state index is 0.139. The third-order valence-electron chi connectivity index (χ3n) is 3.85. The molecule has 5 heteroatoms. The van der Waals surface area contributed by atoms with E-state index in [4.69, 9.17) is 4.74 Å². The summed E-state index contributed by atoms with van der Waals surface area (Å²) in [6, 6.07) is -0.333. The number of carbonyl (C=O) groups is 2. The van der Waals surface area contributed by atoms with Crippen LogP contribution in [0, 0.1) is 5.92 Å². The standard InChI is InChI=1S/C13H21NO3S/c1-17-13(16)11-3-2-6-14(11)12(15)9-10-4-7-18-8-5-10/h10-11H,2-9H2,1H3. The molecule has 0 spiro atoms. The maximum Gasteiger partial charge on any atom is 0.328 e. The molecule has 102 valence electrons. The highest BCUT2D eigenvalue weighted by Crippen LogP contribution is 2.27. The minimum atomic E-state index is -0.333. The van der Waals surface area contributed by atoms with E-state index >= 15 is 0 Å². The summed E-state index contributed by atoms with van der Waals surface area (Å²) in [5.41, 5.74) is 0. The summed E-state index contributed by atoms with van der Waals surface area (Å²) < 4.78 is 4.77. The Labute approximate surface area is 112 Å². The maximum atomic E-state index is 12.3. The molecule has 0 aliphatic carbocycles.